The van der Waals surface area contributed by atoms with Crippen molar-refractivity contribution in [3.05, 3.63) is 17.8 Å². The van der Waals surface area contributed by atoms with Gasteiger partial charge in [-0.05, 0) is 33.0 Å². The number of likely N-dealkylation sites (N-methyl/N-ethyl adjacent to an activating group) is 1. The minimum atomic E-state index is 0.0480. The molecule has 6 heteroatoms. The van der Waals surface area contributed by atoms with Gasteiger partial charge in [-0.15, -0.1) is 5.10 Å². The van der Waals surface area contributed by atoms with E-state index in [1.165, 1.54) is 6.42 Å². The second kappa shape index (κ2) is 5.30. The van der Waals surface area contributed by atoms with E-state index in [0.29, 0.717) is 11.6 Å². The quantitative estimate of drug-likeness (QED) is 0.593. The van der Waals surface area contributed by atoms with Gasteiger partial charge in [0.15, 0.2) is 5.82 Å². The average Bonchev–Trinajstić information content (AvgIpc) is 2.39. The lowest BCUT2D eigenvalue weighted by molar-refractivity contribution is 0.257. The topological polar surface area (TPSA) is 82.1 Å². The van der Waals surface area contributed by atoms with E-state index in [-0.39, 0.29) is 5.84 Å². The van der Waals surface area contributed by atoms with Crippen molar-refractivity contribution >= 4 is 11.7 Å². The lowest BCUT2D eigenvalue weighted by atomic mass is 10.0. The summed E-state index contributed by atoms with van der Waals surface area (Å²) < 4.78 is 0. The fourth-order valence-electron chi connectivity index (χ4n) is 2.34. The molecule has 0 bridgehead atoms. The third kappa shape index (κ3) is 2.59. The Balaban J connectivity index is 2.23. The summed E-state index contributed by atoms with van der Waals surface area (Å²) >= 11 is 0. The lowest BCUT2D eigenvalue weighted by Gasteiger charge is -2.37. The van der Waals surface area contributed by atoms with Crippen molar-refractivity contribution in [3.63, 3.8) is 0 Å². The van der Waals surface area contributed by atoms with Crippen LogP contribution < -0.4 is 10.6 Å². The number of amidine groups is 1. The van der Waals surface area contributed by atoms with Crippen LogP contribution in [0.25, 0.3) is 0 Å². The van der Waals surface area contributed by atoms with Gasteiger partial charge in [-0.1, -0.05) is 0 Å². The molecule has 1 aliphatic heterocycles. The highest BCUT2D eigenvalue weighted by Crippen LogP contribution is 2.22. The number of aromatic nitrogens is 2. The monoisotopic (exact) mass is 248 g/mol. The SMILES string of the molecule is CN(C)C1CCCN(c2nnccc2C(=N)N)C1. The molecule has 0 amide bonds. The summed E-state index contributed by atoms with van der Waals surface area (Å²) in [7, 11) is 4.19. The van der Waals surface area contributed by atoms with Gasteiger partial charge in [0.2, 0.25) is 0 Å². The fourth-order valence-corrected chi connectivity index (χ4v) is 2.34. The molecule has 0 aliphatic carbocycles. The van der Waals surface area contributed by atoms with Gasteiger partial charge in [-0.2, -0.15) is 5.10 Å². The highest BCUT2D eigenvalue weighted by atomic mass is 15.3. The Morgan fingerprint density at radius 2 is 2.33 bits per heavy atom. The molecule has 0 radical (unpaired) electrons. The van der Waals surface area contributed by atoms with E-state index in [2.05, 4.69) is 34.1 Å². The number of piperidine rings is 1. The number of nitrogens with one attached hydrogen (secondary N) is 1. The molecule has 1 saturated heterocycles. The van der Waals surface area contributed by atoms with Crippen molar-refractivity contribution < 1.29 is 0 Å². The predicted octanol–water partition coefficient (Wildman–Crippen LogP) is 0.291. The lowest BCUT2D eigenvalue weighted by Crippen LogP contribution is -2.46. The van der Waals surface area contributed by atoms with Gasteiger partial charge in [0, 0.05) is 19.1 Å². The van der Waals surface area contributed by atoms with Gasteiger partial charge in [-0.3, -0.25) is 5.41 Å². The molecule has 2 heterocycles. The van der Waals surface area contributed by atoms with Gasteiger partial charge < -0.3 is 15.5 Å². The summed E-state index contributed by atoms with van der Waals surface area (Å²) in [5.74, 6) is 0.781. The van der Waals surface area contributed by atoms with E-state index in [0.717, 1.165) is 25.3 Å². The van der Waals surface area contributed by atoms with Crippen LogP contribution in [0.1, 0.15) is 18.4 Å². The Morgan fingerprint density at radius 1 is 1.56 bits per heavy atom. The standard InChI is InChI=1S/C12H20N6/c1-17(2)9-4-3-7-18(8-9)12-10(11(13)14)5-6-15-16-12/h5-6,9H,3-4,7-8H2,1-2H3,(H3,13,14). The smallest absolute Gasteiger partial charge is 0.162 e. The van der Waals surface area contributed by atoms with E-state index >= 15 is 0 Å². The minimum absolute atomic E-state index is 0.0480. The van der Waals surface area contributed by atoms with Crippen LogP contribution in [0.2, 0.25) is 0 Å². The summed E-state index contributed by atoms with van der Waals surface area (Å²) in [4.78, 5) is 4.41. The zero-order valence-electron chi connectivity index (χ0n) is 10.9. The first-order valence-electron chi connectivity index (χ1n) is 6.17. The van der Waals surface area contributed by atoms with Gasteiger partial charge in [0.05, 0.1) is 11.8 Å². The van der Waals surface area contributed by atoms with Crippen molar-refractivity contribution in [2.45, 2.75) is 18.9 Å². The molecule has 0 spiro atoms. The first-order chi connectivity index (χ1) is 8.59. The van der Waals surface area contributed by atoms with Crippen molar-refractivity contribution in [1.29, 1.82) is 5.41 Å². The number of nitrogens with zero attached hydrogens (tertiary/aromatic N) is 4. The molecule has 98 valence electrons. The van der Waals surface area contributed by atoms with E-state index < -0.39 is 0 Å². The van der Waals surface area contributed by atoms with Crippen LogP contribution in [0.4, 0.5) is 5.82 Å². The van der Waals surface area contributed by atoms with Crippen LogP contribution in [0.3, 0.4) is 0 Å². The average molecular weight is 248 g/mol. The van der Waals surface area contributed by atoms with Gasteiger partial charge in [-0.25, -0.2) is 0 Å². The second-order valence-electron chi connectivity index (χ2n) is 4.89. The number of hydrogen-bond donors (Lipinski definition) is 2. The first kappa shape index (κ1) is 12.8. The highest BCUT2D eigenvalue weighted by Gasteiger charge is 2.24. The second-order valence-corrected chi connectivity index (χ2v) is 4.89. The minimum Gasteiger partial charge on any atom is -0.384 e. The summed E-state index contributed by atoms with van der Waals surface area (Å²) in [5.41, 5.74) is 6.26. The van der Waals surface area contributed by atoms with Crippen LogP contribution in [0.5, 0.6) is 0 Å². The van der Waals surface area contributed by atoms with Gasteiger partial charge in [0.1, 0.15) is 5.84 Å². The largest absolute Gasteiger partial charge is 0.384 e. The van der Waals surface area contributed by atoms with Crippen molar-refractivity contribution in [2.24, 2.45) is 5.73 Å². The van der Waals surface area contributed by atoms with Crippen LogP contribution in [-0.4, -0.2) is 54.2 Å². The summed E-state index contributed by atoms with van der Waals surface area (Å²) in [5, 5.41) is 15.7. The Labute approximate surface area is 107 Å². The normalized spacial score (nSPS) is 20.2. The Kier molecular flexibility index (Phi) is 3.76. The van der Waals surface area contributed by atoms with E-state index in [9.17, 15) is 0 Å². The molecule has 1 unspecified atom stereocenters. The van der Waals surface area contributed by atoms with Crippen molar-refractivity contribution in [3.8, 4) is 0 Å². The maximum atomic E-state index is 7.60. The van der Waals surface area contributed by atoms with Crippen LogP contribution >= 0.6 is 0 Å². The van der Waals surface area contributed by atoms with Crippen LogP contribution in [0, 0.1) is 5.41 Å². The maximum absolute atomic E-state index is 7.60. The Morgan fingerprint density at radius 3 is 3.00 bits per heavy atom. The molecular formula is C12H20N6. The maximum Gasteiger partial charge on any atom is 0.162 e. The molecule has 1 atom stereocenters. The van der Waals surface area contributed by atoms with E-state index in [1.54, 1.807) is 12.3 Å². The first-order valence-corrected chi connectivity index (χ1v) is 6.17. The molecule has 3 N–H and O–H groups in total. The van der Waals surface area contributed by atoms with Crippen molar-refractivity contribution in [2.75, 3.05) is 32.1 Å². The molecular weight excluding hydrogens is 228 g/mol. The van der Waals surface area contributed by atoms with Crippen LogP contribution in [-0.2, 0) is 0 Å². The molecule has 2 rings (SSSR count). The molecule has 1 aromatic rings. The molecule has 18 heavy (non-hydrogen) atoms. The van der Waals surface area contributed by atoms with E-state index in [1.807, 2.05) is 0 Å². The van der Waals surface area contributed by atoms with Crippen molar-refractivity contribution in [1.82, 2.24) is 15.1 Å². The summed E-state index contributed by atoms with van der Waals surface area (Å²) in [6, 6.07) is 2.27. The number of anilines is 1. The Hall–Kier alpha value is -1.69. The summed E-state index contributed by atoms with van der Waals surface area (Å²) in [6.45, 7) is 1.86. The highest BCUT2D eigenvalue weighted by molar-refractivity contribution is 5.99. The third-order valence-corrected chi connectivity index (χ3v) is 3.42. The molecule has 0 aromatic carbocycles. The fraction of sp³-hybridized carbons (Fsp3) is 0.583. The van der Waals surface area contributed by atoms with Crippen LogP contribution in [0.15, 0.2) is 12.3 Å². The third-order valence-electron chi connectivity index (χ3n) is 3.42. The molecule has 0 saturated carbocycles. The number of nitrogen functional groups attached to an aromatic ring is 1. The number of rotatable bonds is 3. The zero-order valence-corrected chi connectivity index (χ0v) is 10.9. The number of nitrogens with two attached hydrogens (primary N) is 1. The molecule has 6 nitrogen and oxygen atoms in total. The molecule has 1 aliphatic rings. The molecule has 1 fully saturated rings. The zero-order chi connectivity index (χ0) is 13.1. The molecule has 1 aromatic heterocycles. The number of hydrogen-bond acceptors (Lipinski definition) is 5. The summed E-state index contributed by atoms with van der Waals surface area (Å²) in [6.07, 6.45) is 3.89. The van der Waals surface area contributed by atoms with Gasteiger partial charge >= 0.3 is 0 Å². The van der Waals surface area contributed by atoms with Gasteiger partial charge in [0.25, 0.3) is 0 Å². The van der Waals surface area contributed by atoms with E-state index in [4.69, 9.17) is 11.1 Å². The Bertz CT molecular complexity index is 430. The predicted molar refractivity (Wildman–Crippen MR) is 72.0 cm³/mol.